The summed E-state index contributed by atoms with van der Waals surface area (Å²) in [5.74, 6) is 0. The minimum atomic E-state index is 0.455. The Morgan fingerprint density at radius 2 is 2.38 bits per heavy atom. The zero-order valence-electron chi connectivity index (χ0n) is 10.7. The van der Waals surface area contributed by atoms with Gasteiger partial charge in [-0.15, -0.1) is 0 Å². The van der Waals surface area contributed by atoms with Gasteiger partial charge in [0.2, 0.25) is 0 Å². The van der Waals surface area contributed by atoms with Gasteiger partial charge in [-0.25, -0.2) is 4.98 Å². The molecule has 1 saturated carbocycles. The van der Waals surface area contributed by atoms with Crippen LogP contribution in [-0.4, -0.2) is 15.6 Å². The second kappa shape index (κ2) is 4.58. The molecule has 3 nitrogen and oxygen atoms in total. The Balaban J connectivity index is 1.92. The number of aromatic nitrogens is 2. The molecule has 0 saturated heterocycles. The molecule has 1 atom stereocenters. The van der Waals surface area contributed by atoms with Crippen molar-refractivity contribution < 1.29 is 0 Å². The van der Waals surface area contributed by atoms with E-state index in [1.165, 1.54) is 25.0 Å². The van der Waals surface area contributed by atoms with E-state index < -0.39 is 0 Å². The lowest BCUT2D eigenvalue weighted by molar-refractivity contribution is 0.281. The highest BCUT2D eigenvalue weighted by Gasteiger charge is 2.33. The van der Waals surface area contributed by atoms with Gasteiger partial charge in [0, 0.05) is 25.3 Å². The molecule has 1 aliphatic rings. The monoisotopic (exact) mass is 221 g/mol. The highest BCUT2D eigenvalue weighted by atomic mass is 15.1. The van der Waals surface area contributed by atoms with E-state index in [1.807, 2.05) is 12.5 Å². The predicted octanol–water partition coefficient (Wildman–Crippen LogP) is 2.57. The van der Waals surface area contributed by atoms with Gasteiger partial charge >= 0.3 is 0 Å². The van der Waals surface area contributed by atoms with Gasteiger partial charge in [-0.1, -0.05) is 20.3 Å². The first-order chi connectivity index (χ1) is 7.63. The van der Waals surface area contributed by atoms with Crippen LogP contribution < -0.4 is 5.32 Å². The minimum absolute atomic E-state index is 0.455. The SMILES string of the molecule is CCn1cncc1CNC1CCCC1(C)C. The first-order valence-electron chi connectivity index (χ1n) is 6.36. The highest BCUT2D eigenvalue weighted by molar-refractivity contribution is 5.00. The van der Waals surface area contributed by atoms with E-state index in [1.54, 1.807) is 0 Å². The molecule has 16 heavy (non-hydrogen) atoms. The van der Waals surface area contributed by atoms with Crippen molar-refractivity contribution in [3.8, 4) is 0 Å². The van der Waals surface area contributed by atoms with E-state index in [4.69, 9.17) is 0 Å². The zero-order valence-corrected chi connectivity index (χ0v) is 10.7. The molecule has 90 valence electrons. The summed E-state index contributed by atoms with van der Waals surface area (Å²) < 4.78 is 2.20. The Morgan fingerprint density at radius 1 is 1.56 bits per heavy atom. The van der Waals surface area contributed by atoms with Crippen LogP contribution in [0.5, 0.6) is 0 Å². The summed E-state index contributed by atoms with van der Waals surface area (Å²) in [7, 11) is 0. The van der Waals surface area contributed by atoms with Gasteiger partial charge in [0.15, 0.2) is 0 Å². The van der Waals surface area contributed by atoms with Crippen LogP contribution >= 0.6 is 0 Å². The maximum absolute atomic E-state index is 4.20. The molecule has 0 spiro atoms. The summed E-state index contributed by atoms with van der Waals surface area (Å²) in [5, 5.41) is 3.69. The fraction of sp³-hybridized carbons (Fsp3) is 0.769. The molecule has 0 bridgehead atoms. The summed E-state index contributed by atoms with van der Waals surface area (Å²) in [6.45, 7) is 8.85. The third-order valence-corrected chi connectivity index (χ3v) is 3.93. The fourth-order valence-electron chi connectivity index (χ4n) is 2.71. The molecule has 3 heteroatoms. The van der Waals surface area contributed by atoms with E-state index >= 15 is 0 Å². The van der Waals surface area contributed by atoms with Gasteiger partial charge in [0.1, 0.15) is 0 Å². The molecule has 0 aliphatic heterocycles. The second-order valence-corrected chi connectivity index (χ2v) is 5.49. The lowest BCUT2D eigenvalue weighted by Crippen LogP contribution is -2.37. The molecular formula is C13H23N3. The largest absolute Gasteiger partial charge is 0.334 e. The van der Waals surface area contributed by atoms with Crippen molar-refractivity contribution in [2.75, 3.05) is 0 Å². The molecule has 0 radical (unpaired) electrons. The standard InChI is InChI=1S/C13H23N3/c1-4-16-10-14-8-11(16)9-15-12-6-5-7-13(12,2)3/h8,10,12,15H,4-7,9H2,1-3H3. The molecule has 0 amide bonds. The van der Waals surface area contributed by atoms with Gasteiger partial charge in [-0.05, 0) is 25.2 Å². The topological polar surface area (TPSA) is 29.9 Å². The van der Waals surface area contributed by atoms with Crippen LogP contribution in [0, 0.1) is 5.41 Å². The van der Waals surface area contributed by atoms with Gasteiger partial charge in [-0.2, -0.15) is 0 Å². The Bertz CT molecular complexity index is 341. The lowest BCUT2D eigenvalue weighted by Gasteiger charge is -2.28. The number of nitrogens with zero attached hydrogens (tertiary/aromatic N) is 2. The molecule has 1 aromatic rings. The summed E-state index contributed by atoms with van der Waals surface area (Å²) >= 11 is 0. The van der Waals surface area contributed by atoms with E-state index in [9.17, 15) is 0 Å². The molecule has 1 N–H and O–H groups in total. The molecule has 1 aliphatic carbocycles. The second-order valence-electron chi connectivity index (χ2n) is 5.49. The van der Waals surface area contributed by atoms with E-state index in [0.29, 0.717) is 11.5 Å². The van der Waals surface area contributed by atoms with Crippen molar-refractivity contribution in [2.45, 2.75) is 59.2 Å². The van der Waals surface area contributed by atoms with Crippen LogP contribution in [0.2, 0.25) is 0 Å². The number of rotatable bonds is 4. The number of aryl methyl sites for hydroxylation is 1. The predicted molar refractivity (Wildman–Crippen MR) is 66.2 cm³/mol. The molecular weight excluding hydrogens is 198 g/mol. The van der Waals surface area contributed by atoms with Crippen molar-refractivity contribution in [3.05, 3.63) is 18.2 Å². The normalized spacial score (nSPS) is 23.8. The summed E-state index contributed by atoms with van der Waals surface area (Å²) in [4.78, 5) is 4.20. The number of nitrogens with one attached hydrogen (secondary N) is 1. The average molecular weight is 221 g/mol. The van der Waals surface area contributed by atoms with Crippen LogP contribution in [0.4, 0.5) is 0 Å². The number of hydrogen-bond acceptors (Lipinski definition) is 2. The van der Waals surface area contributed by atoms with E-state index in [2.05, 4.69) is 35.6 Å². The lowest BCUT2D eigenvalue weighted by atomic mass is 9.87. The molecule has 1 aromatic heterocycles. The van der Waals surface area contributed by atoms with Crippen molar-refractivity contribution >= 4 is 0 Å². The Labute approximate surface area is 98.3 Å². The van der Waals surface area contributed by atoms with Crippen molar-refractivity contribution in [1.82, 2.24) is 14.9 Å². The summed E-state index contributed by atoms with van der Waals surface area (Å²) in [6, 6.07) is 0.660. The van der Waals surface area contributed by atoms with Crippen molar-refractivity contribution in [2.24, 2.45) is 5.41 Å². The third kappa shape index (κ3) is 2.29. The van der Waals surface area contributed by atoms with Gasteiger partial charge in [-0.3, -0.25) is 0 Å². The van der Waals surface area contributed by atoms with Crippen molar-refractivity contribution in [3.63, 3.8) is 0 Å². The average Bonchev–Trinajstić information content (AvgIpc) is 2.81. The van der Waals surface area contributed by atoms with Crippen LogP contribution in [-0.2, 0) is 13.1 Å². The van der Waals surface area contributed by atoms with Gasteiger partial charge in [0.05, 0.1) is 12.0 Å². The Morgan fingerprint density at radius 3 is 3.00 bits per heavy atom. The minimum Gasteiger partial charge on any atom is -0.334 e. The first-order valence-corrected chi connectivity index (χ1v) is 6.36. The van der Waals surface area contributed by atoms with Gasteiger partial charge in [0.25, 0.3) is 0 Å². The molecule has 0 aromatic carbocycles. The number of hydrogen-bond donors (Lipinski definition) is 1. The van der Waals surface area contributed by atoms with E-state index in [-0.39, 0.29) is 0 Å². The van der Waals surface area contributed by atoms with Crippen LogP contribution in [0.25, 0.3) is 0 Å². The van der Waals surface area contributed by atoms with Crippen LogP contribution in [0.1, 0.15) is 45.7 Å². The Kier molecular flexibility index (Phi) is 3.33. The fourth-order valence-corrected chi connectivity index (χ4v) is 2.71. The van der Waals surface area contributed by atoms with E-state index in [0.717, 1.165) is 13.1 Å². The molecule has 1 unspecified atom stereocenters. The molecule has 1 fully saturated rings. The first kappa shape index (κ1) is 11.6. The summed E-state index contributed by atoms with van der Waals surface area (Å²) in [5.41, 5.74) is 1.75. The highest BCUT2D eigenvalue weighted by Crippen LogP contribution is 2.37. The maximum atomic E-state index is 4.20. The van der Waals surface area contributed by atoms with Crippen molar-refractivity contribution in [1.29, 1.82) is 0 Å². The third-order valence-electron chi connectivity index (χ3n) is 3.93. The molecule has 1 heterocycles. The maximum Gasteiger partial charge on any atom is 0.0948 e. The van der Waals surface area contributed by atoms with Gasteiger partial charge < -0.3 is 9.88 Å². The number of imidazole rings is 1. The Hall–Kier alpha value is -0.830. The zero-order chi connectivity index (χ0) is 11.6. The van der Waals surface area contributed by atoms with Crippen LogP contribution in [0.15, 0.2) is 12.5 Å². The van der Waals surface area contributed by atoms with Crippen LogP contribution in [0.3, 0.4) is 0 Å². The summed E-state index contributed by atoms with van der Waals surface area (Å²) in [6.07, 6.45) is 7.90. The molecule has 2 rings (SSSR count). The quantitative estimate of drug-likeness (QED) is 0.847. The smallest absolute Gasteiger partial charge is 0.0948 e.